The number of non-ortho nitro benzene ring substituents is 1. The topological polar surface area (TPSA) is 97.8 Å². The second-order valence-corrected chi connectivity index (χ2v) is 4.83. The average Bonchev–Trinajstić information content (AvgIpc) is 2.69. The minimum Gasteiger partial charge on any atom is -0.382 e. The fraction of sp³-hybridized carbons (Fsp3) is 0.308. The van der Waals surface area contributed by atoms with Crippen molar-refractivity contribution in [1.29, 1.82) is 0 Å². The Kier molecular flexibility index (Phi) is 2.70. The van der Waals surface area contributed by atoms with E-state index in [0.717, 1.165) is 29.7 Å². The molecule has 1 saturated carbocycles. The summed E-state index contributed by atoms with van der Waals surface area (Å²) in [4.78, 5) is 10.3. The molecule has 1 aromatic carbocycles. The molecule has 1 heterocycles. The van der Waals surface area contributed by atoms with E-state index in [0.29, 0.717) is 11.7 Å². The molecule has 3 rings (SSSR count). The number of nitrogens with two attached hydrogens (primary N) is 1. The second-order valence-electron chi connectivity index (χ2n) is 4.83. The Morgan fingerprint density at radius 3 is 2.53 bits per heavy atom. The van der Waals surface area contributed by atoms with Crippen molar-refractivity contribution in [3.63, 3.8) is 0 Å². The molecule has 0 spiro atoms. The van der Waals surface area contributed by atoms with Crippen molar-refractivity contribution < 1.29 is 4.92 Å². The standard InChI is InChI=1S/C13H14N4O2/c14-13-11(12(15-16-13)9-2-1-3-9)8-4-6-10(7-5-8)17(18)19/h4-7,9H,1-3H2,(H3,14,15,16). The van der Waals surface area contributed by atoms with Gasteiger partial charge in [0.15, 0.2) is 5.82 Å². The van der Waals surface area contributed by atoms with Gasteiger partial charge in [-0.2, -0.15) is 5.10 Å². The first-order valence-electron chi connectivity index (χ1n) is 6.25. The Balaban J connectivity index is 2.01. The monoisotopic (exact) mass is 258 g/mol. The number of anilines is 1. The van der Waals surface area contributed by atoms with Gasteiger partial charge in [0.25, 0.3) is 5.69 Å². The van der Waals surface area contributed by atoms with Crippen molar-refractivity contribution in [3.05, 3.63) is 40.1 Å². The molecule has 2 aromatic rings. The molecule has 0 amide bonds. The van der Waals surface area contributed by atoms with Crippen LogP contribution in [-0.4, -0.2) is 15.1 Å². The summed E-state index contributed by atoms with van der Waals surface area (Å²) in [7, 11) is 0. The second kappa shape index (κ2) is 4.38. The fourth-order valence-electron chi connectivity index (χ4n) is 2.42. The highest BCUT2D eigenvalue weighted by molar-refractivity contribution is 5.77. The van der Waals surface area contributed by atoms with E-state index in [9.17, 15) is 10.1 Å². The van der Waals surface area contributed by atoms with Gasteiger partial charge in [-0.15, -0.1) is 0 Å². The van der Waals surface area contributed by atoms with E-state index in [2.05, 4.69) is 10.2 Å². The van der Waals surface area contributed by atoms with E-state index >= 15 is 0 Å². The highest BCUT2D eigenvalue weighted by Crippen LogP contribution is 2.42. The highest BCUT2D eigenvalue weighted by atomic mass is 16.6. The van der Waals surface area contributed by atoms with Gasteiger partial charge in [-0.3, -0.25) is 15.2 Å². The Hall–Kier alpha value is -2.37. The maximum absolute atomic E-state index is 10.7. The number of aromatic amines is 1. The molecule has 1 aliphatic carbocycles. The van der Waals surface area contributed by atoms with Gasteiger partial charge in [0.1, 0.15) is 0 Å². The molecule has 1 aliphatic rings. The number of benzene rings is 1. The summed E-state index contributed by atoms with van der Waals surface area (Å²) in [5.74, 6) is 0.936. The number of nitrogen functional groups attached to an aromatic ring is 1. The zero-order chi connectivity index (χ0) is 13.4. The van der Waals surface area contributed by atoms with Crippen LogP contribution < -0.4 is 5.73 Å². The van der Waals surface area contributed by atoms with Crippen molar-refractivity contribution in [2.45, 2.75) is 25.2 Å². The van der Waals surface area contributed by atoms with E-state index < -0.39 is 4.92 Å². The van der Waals surface area contributed by atoms with Crippen molar-refractivity contribution in [1.82, 2.24) is 10.2 Å². The van der Waals surface area contributed by atoms with Crippen molar-refractivity contribution in [2.24, 2.45) is 0 Å². The number of nitro groups is 1. The van der Waals surface area contributed by atoms with Crippen LogP contribution in [0, 0.1) is 10.1 Å². The number of H-pyrrole nitrogens is 1. The number of hydrogen-bond acceptors (Lipinski definition) is 4. The van der Waals surface area contributed by atoms with Gasteiger partial charge in [0.05, 0.1) is 4.92 Å². The zero-order valence-corrected chi connectivity index (χ0v) is 10.3. The molecule has 0 atom stereocenters. The molecule has 0 unspecified atom stereocenters. The quantitative estimate of drug-likeness (QED) is 0.653. The van der Waals surface area contributed by atoms with Crippen LogP contribution in [0.4, 0.5) is 11.5 Å². The summed E-state index contributed by atoms with van der Waals surface area (Å²) in [5, 5.41) is 17.7. The first-order chi connectivity index (χ1) is 9.16. The molecule has 0 radical (unpaired) electrons. The lowest BCUT2D eigenvalue weighted by Gasteiger charge is -2.25. The van der Waals surface area contributed by atoms with Gasteiger partial charge in [-0.05, 0) is 30.5 Å². The molecule has 1 aromatic heterocycles. The van der Waals surface area contributed by atoms with Crippen molar-refractivity contribution >= 4 is 11.5 Å². The third kappa shape index (κ3) is 1.95. The number of nitro benzene ring substituents is 1. The van der Waals surface area contributed by atoms with Gasteiger partial charge in [0, 0.05) is 29.3 Å². The van der Waals surface area contributed by atoms with Gasteiger partial charge >= 0.3 is 0 Å². The number of hydrogen-bond donors (Lipinski definition) is 2. The number of rotatable bonds is 3. The van der Waals surface area contributed by atoms with Crippen LogP contribution in [-0.2, 0) is 0 Å². The predicted molar refractivity (Wildman–Crippen MR) is 71.7 cm³/mol. The third-order valence-corrected chi connectivity index (χ3v) is 3.70. The summed E-state index contributed by atoms with van der Waals surface area (Å²) in [6.45, 7) is 0. The Bertz CT molecular complexity index is 614. The number of aromatic nitrogens is 2. The van der Waals surface area contributed by atoms with Crippen molar-refractivity contribution in [2.75, 3.05) is 5.73 Å². The lowest BCUT2D eigenvalue weighted by Crippen LogP contribution is -2.10. The molecule has 98 valence electrons. The summed E-state index contributed by atoms with van der Waals surface area (Å²) in [6.07, 6.45) is 3.51. The Morgan fingerprint density at radius 2 is 2.00 bits per heavy atom. The first-order valence-corrected chi connectivity index (χ1v) is 6.25. The smallest absolute Gasteiger partial charge is 0.269 e. The fourth-order valence-corrected chi connectivity index (χ4v) is 2.42. The average molecular weight is 258 g/mol. The minimum absolute atomic E-state index is 0.0796. The minimum atomic E-state index is -0.407. The summed E-state index contributed by atoms with van der Waals surface area (Å²) in [6, 6.07) is 6.43. The molecule has 19 heavy (non-hydrogen) atoms. The van der Waals surface area contributed by atoms with Gasteiger partial charge in [-0.1, -0.05) is 6.42 Å². The molecular weight excluding hydrogens is 244 g/mol. The van der Waals surface area contributed by atoms with Crippen LogP contribution in [0.5, 0.6) is 0 Å². The van der Waals surface area contributed by atoms with Crippen LogP contribution in [0.3, 0.4) is 0 Å². The SMILES string of the molecule is Nc1n[nH]c(C2CCC2)c1-c1ccc([N+](=O)[O-])cc1. The Morgan fingerprint density at radius 1 is 1.32 bits per heavy atom. The summed E-state index contributed by atoms with van der Waals surface area (Å²) < 4.78 is 0. The van der Waals surface area contributed by atoms with Gasteiger partial charge in [-0.25, -0.2) is 0 Å². The van der Waals surface area contributed by atoms with Crippen molar-refractivity contribution in [3.8, 4) is 11.1 Å². The maximum atomic E-state index is 10.7. The molecule has 0 saturated heterocycles. The Labute approximate surface area is 109 Å². The number of nitrogens with zero attached hydrogens (tertiary/aromatic N) is 2. The van der Waals surface area contributed by atoms with Gasteiger partial charge < -0.3 is 5.73 Å². The molecule has 6 nitrogen and oxygen atoms in total. The molecule has 6 heteroatoms. The lowest BCUT2D eigenvalue weighted by atomic mass is 9.80. The highest BCUT2D eigenvalue weighted by Gasteiger charge is 2.26. The molecule has 1 fully saturated rings. The van der Waals surface area contributed by atoms with Crippen LogP contribution in [0.15, 0.2) is 24.3 Å². The predicted octanol–water partition coefficient (Wildman–Crippen LogP) is 2.83. The van der Waals surface area contributed by atoms with E-state index in [1.165, 1.54) is 18.6 Å². The van der Waals surface area contributed by atoms with E-state index in [-0.39, 0.29) is 5.69 Å². The normalized spacial score (nSPS) is 15.2. The van der Waals surface area contributed by atoms with E-state index in [4.69, 9.17) is 5.73 Å². The molecule has 0 aliphatic heterocycles. The van der Waals surface area contributed by atoms with E-state index in [1.54, 1.807) is 12.1 Å². The van der Waals surface area contributed by atoms with Crippen LogP contribution in [0.1, 0.15) is 30.9 Å². The van der Waals surface area contributed by atoms with Crippen LogP contribution in [0.2, 0.25) is 0 Å². The maximum Gasteiger partial charge on any atom is 0.269 e. The first kappa shape index (κ1) is 11.7. The summed E-state index contributed by atoms with van der Waals surface area (Å²) >= 11 is 0. The largest absolute Gasteiger partial charge is 0.382 e. The molecule has 3 N–H and O–H groups in total. The van der Waals surface area contributed by atoms with Gasteiger partial charge in [0.2, 0.25) is 0 Å². The van der Waals surface area contributed by atoms with Crippen LogP contribution in [0.25, 0.3) is 11.1 Å². The molecular formula is C13H14N4O2. The van der Waals surface area contributed by atoms with Crippen LogP contribution >= 0.6 is 0 Å². The zero-order valence-electron chi connectivity index (χ0n) is 10.3. The lowest BCUT2D eigenvalue weighted by molar-refractivity contribution is -0.384. The summed E-state index contributed by atoms with van der Waals surface area (Å²) in [5.41, 5.74) is 8.81. The third-order valence-electron chi connectivity index (χ3n) is 3.70. The number of nitrogens with one attached hydrogen (secondary N) is 1. The van der Waals surface area contributed by atoms with E-state index in [1.807, 2.05) is 0 Å². The molecule has 0 bridgehead atoms.